The maximum Gasteiger partial charge on any atom is 0.0841 e. The molecule has 1 N–H and O–H groups in total. The lowest BCUT2D eigenvalue weighted by Crippen LogP contribution is -2.15. The zero-order valence-corrected chi connectivity index (χ0v) is 10.8. The molecule has 0 aliphatic rings. The van der Waals surface area contributed by atoms with Gasteiger partial charge in [-0.3, -0.25) is 4.68 Å². The number of benzene rings is 1. The molecule has 18 heavy (non-hydrogen) atoms. The molecule has 1 aromatic heterocycles. The van der Waals surface area contributed by atoms with Crippen molar-refractivity contribution in [2.24, 2.45) is 0 Å². The van der Waals surface area contributed by atoms with Gasteiger partial charge in [-0.15, -0.1) is 12.3 Å². The molecule has 94 valence electrons. The molecule has 0 radical (unpaired) electrons. The van der Waals surface area contributed by atoms with E-state index in [0.29, 0.717) is 0 Å². The lowest BCUT2D eigenvalue weighted by atomic mass is 10.2. The van der Waals surface area contributed by atoms with Crippen molar-refractivity contribution in [2.45, 2.75) is 32.9 Å². The molecule has 3 nitrogen and oxygen atoms in total. The molecule has 0 unspecified atom stereocenters. The van der Waals surface area contributed by atoms with Gasteiger partial charge in [-0.25, -0.2) is 0 Å². The maximum absolute atomic E-state index is 5.22. The molecule has 0 fully saturated rings. The lowest BCUT2D eigenvalue weighted by Gasteiger charge is -2.00. The lowest BCUT2D eigenvalue weighted by molar-refractivity contribution is 0.620. The molecule has 0 bridgehead atoms. The van der Waals surface area contributed by atoms with Crippen LogP contribution >= 0.6 is 0 Å². The van der Waals surface area contributed by atoms with Crippen molar-refractivity contribution in [3.63, 3.8) is 0 Å². The summed E-state index contributed by atoms with van der Waals surface area (Å²) in [5, 5.41) is 9.27. The average molecular weight is 241 g/mol. The molecule has 3 heteroatoms. The number of aromatic nitrogens is 2. The zero-order chi connectivity index (χ0) is 12.8. The first-order valence-electron chi connectivity index (χ1n) is 6.45. The van der Waals surface area contributed by atoms with Gasteiger partial charge in [0, 0.05) is 24.9 Å². The Morgan fingerprint density at radius 3 is 3.00 bits per heavy atom. The first-order chi connectivity index (χ1) is 8.86. The third-order valence-electron chi connectivity index (χ3n) is 3.00. The van der Waals surface area contributed by atoms with E-state index in [0.717, 1.165) is 38.2 Å². The van der Waals surface area contributed by atoms with Crippen molar-refractivity contribution in [1.82, 2.24) is 15.1 Å². The Balaban J connectivity index is 2.06. The van der Waals surface area contributed by atoms with Crippen molar-refractivity contribution >= 4 is 10.9 Å². The zero-order valence-electron chi connectivity index (χ0n) is 10.8. The monoisotopic (exact) mass is 241 g/mol. The molecule has 1 heterocycles. The summed E-state index contributed by atoms with van der Waals surface area (Å²) in [5.74, 6) is 2.65. The van der Waals surface area contributed by atoms with Crippen LogP contribution in [0, 0.1) is 12.3 Å². The molecule has 0 spiro atoms. The summed E-state index contributed by atoms with van der Waals surface area (Å²) < 4.78 is 2.05. The second-order valence-corrected chi connectivity index (χ2v) is 4.26. The van der Waals surface area contributed by atoms with E-state index in [1.807, 2.05) is 4.68 Å². The van der Waals surface area contributed by atoms with Crippen LogP contribution in [0.5, 0.6) is 0 Å². The van der Waals surface area contributed by atoms with Gasteiger partial charge < -0.3 is 5.32 Å². The van der Waals surface area contributed by atoms with E-state index in [-0.39, 0.29) is 0 Å². The Hall–Kier alpha value is -1.79. The largest absolute Gasteiger partial charge is 0.311 e. The number of para-hydroxylation sites is 1. The van der Waals surface area contributed by atoms with Crippen LogP contribution in [-0.4, -0.2) is 16.3 Å². The van der Waals surface area contributed by atoms with Gasteiger partial charge >= 0.3 is 0 Å². The normalized spacial score (nSPS) is 10.7. The second-order valence-electron chi connectivity index (χ2n) is 4.26. The van der Waals surface area contributed by atoms with E-state index in [2.05, 4.69) is 47.5 Å². The predicted octanol–water partition coefficient (Wildman–Crippen LogP) is 2.56. The smallest absolute Gasteiger partial charge is 0.0841 e. The van der Waals surface area contributed by atoms with Crippen molar-refractivity contribution in [3.8, 4) is 12.3 Å². The van der Waals surface area contributed by atoms with E-state index >= 15 is 0 Å². The van der Waals surface area contributed by atoms with Gasteiger partial charge in [0.05, 0.1) is 11.2 Å². The number of terminal acetylenes is 1. The van der Waals surface area contributed by atoms with E-state index in [9.17, 15) is 0 Å². The SMILES string of the molecule is C#CCCCNCc1nn(CC)c2ccccc12. The second kappa shape index (κ2) is 6.23. The minimum Gasteiger partial charge on any atom is -0.311 e. The van der Waals surface area contributed by atoms with Crippen LogP contribution in [-0.2, 0) is 13.1 Å². The highest BCUT2D eigenvalue weighted by molar-refractivity contribution is 5.81. The van der Waals surface area contributed by atoms with Crippen LogP contribution < -0.4 is 5.32 Å². The summed E-state index contributed by atoms with van der Waals surface area (Å²) in [6.45, 7) is 4.76. The van der Waals surface area contributed by atoms with Gasteiger partial charge in [0.1, 0.15) is 0 Å². The summed E-state index contributed by atoms with van der Waals surface area (Å²) >= 11 is 0. The topological polar surface area (TPSA) is 29.9 Å². The number of hydrogen-bond donors (Lipinski definition) is 1. The minimum atomic E-state index is 0.804. The quantitative estimate of drug-likeness (QED) is 0.622. The Morgan fingerprint density at radius 1 is 1.39 bits per heavy atom. The standard InChI is InChI=1S/C15H19N3/c1-3-5-8-11-16-12-14-13-9-6-7-10-15(13)18(4-2)17-14/h1,6-7,9-10,16H,4-5,8,11-12H2,2H3. The Bertz CT molecular complexity index is 548. The Labute approximate surface area is 108 Å². The Kier molecular flexibility index (Phi) is 4.38. The molecule has 0 saturated heterocycles. The van der Waals surface area contributed by atoms with E-state index in [4.69, 9.17) is 6.42 Å². The molecule has 2 rings (SSSR count). The van der Waals surface area contributed by atoms with Crippen LogP contribution in [0.3, 0.4) is 0 Å². The summed E-state index contributed by atoms with van der Waals surface area (Å²) in [6.07, 6.45) is 7.07. The number of hydrogen-bond acceptors (Lipinski definition) is 2. The summed E-state index contributed by atoms with van der Waals surface area (Å²) in [6, 6.07) is 8.37. The predicted molar refractivity (Wildman–Crippen MR) is 75.2 cm³/mol. The number of aryl methyl sites for hydroxylation is 1. The first kappa shape index (κ1) is 12.7. The van der Waals surface area contributed by atoms with Crippen LogP contribution in [0.15, 0.2) is 24.3 Å². The minimum absolute atomic E-state index is 0.804. The fraction of sp³-hybridized carbons (Fsp3) is 0.400. The summed E-state index contributed by atoms with van der Waals surface area (Å²) in [4.78, 5) is 0. The summed E-state index contributed by atoms with van der Waals surface area (Å²) in [7, 11) is 0. The third-order valence-corrected chi connectivity index (χ3v) is 3.00. The molecule has 0 saturated carbocycles. The third kappa shape index (κ3) is 2.72. The molecular weight excluding hydrogens is 222 g/mol. The number of nitrogens with one attached hydrogen (secondary N) is 1. The van der Waals surface area contributed by atoms with Crippen LogP contribution in [0.2, 0.25) is 0 Å². The van der Waals surface area contributed by atoms with E-state index in [1.54, 1.807) is 0 Å². The Morgan fingerprint density at radius 2 is 2.22 bits per heavy atom. The molecule has 1 aromatic carbocycles. The maximum atomic E-state index is 5.22. The highest BCUT2D eigenvalue weighted by Crippen LogP contribution is 2.18. The molecular formula is C15H19N3. The molecule has 0 aliphatic carbocycles. The number of fused-ring (bicyclic) bond motifs is 1. The molecule has 0 aliphatic heterocycles. The van der Waals surface area contributed by atoms with Crippen molar-refractivity contribution in [1.29, 1.82) is 0 Å². The van der Waals surface area contributed by atoms with Gasteiger partial charge in [-0.2, -0.15) is 5.10 Å². The molecule has 2 aromatic rings. The van der Waals surface area contributed by atoms with Crippen LogP contribution in [0.25, 0.3) is 10.9 Å². The number of rotatable bonds is 6. The van der Waals surface area contributed by atoms with Gasteiger partial charge in [0.25, 0.3) is 0 Å². The van der Waals surface area contributed by atoms with E-state index in [1.165, 1.54) is 10.9 Å². The average Bonchev–Trinajstić information content (AvgIpc) is 2.77. The van der Waals surface area contributed by atoms with Crippen molar-refractivity contribution in [2.75, 3.05) is 6.54 Å². The van der Waals surface area contributed by atoms with Crippen molar-refractivity contribution in [3.05, 3.63) is 30.0 Å². The van der Waals surface area contributed by atoms with Gasteiger partial charge in [-0.05, 0) is 26.0 Å². The van der Waals surface area contributed by atoms with Gasteiger partial charge in [0.2, 0.25) is 0 Å². The molecule has 0 amide bonds. The van der Waals surface area contributed by atoms with Gasteiger partial charge in [-0.1, -0.05) is 18.2 Å². The summed E-state index contributed by atoms with van der Waals surface area (Å²) in [5.41, 5.74) is 2.33. The van der Waals surface area contributed by atoms with Crippen LogP contribution in [0.1, 0.15) is 25.5 Å². The van der Waals surface area contributed by atoms with E-state index < -0.39 is 0 Å². The molecule has 0 atom stereocenters. The highest BCUT2D eigenvalue weighted by atomic mass is 15.3. The fourth-order valence-corrected chi connectivity index (χ4v) is 2.09. The highest BCUT2D eigenvalue weighted by Gasteiger charge is 2.07. The van der Waals surface area contributed by atoms with Crippen molar-refractivity contribution < 1.29 is 0 Å². The number of unbranched alkanes of at least 4 members (excludes halogenated alkanes) is 1. The van der Waals surface area contributed by atoms with Gasteiger partial charge in [0.15, 0.2) is 0 Å². The first-order valence-corrected chi connectivity index (χ1v) is 6.45. The fourth-order valence-electron chi connectivity index (χ4n) is 2.09. The van der Waals surface area contributed by atoms with Crippen LogP contribution in [0.4, 0.5) is 0 Å². The number of nitrogens with zero attached hydrogens (tertiary/aromatic N) is 2.